The number of hydrogen-bond acceptors (Lipinski definition) is 3. The van der Waals surface area contributed by atoms with Gasteiger partial charge in [-0.15, -0.1) is 0 Å². The number of piperidine rings is 1. The number of likely N-dealkylation sites (tertiary alicyclic amines) is 1. The fraction of sp³-hybridized carbons (Fsp3) is 0.300. The Morgan fingerprint density at radius 2 is 1.88 bits per heavy atom. The van der Waals surface area contributed by atoms with Gasteiger partial charge in [-0.05, 0) is 61.2 Å². The molecule has 1 fully saturated rings. The summed E-state index contributed by atoms with van der Waals surface area (Å²) >= 11 is 0. The van der Waals surface area contributed by atoms with E-state index in [2.05, 4.69) is 35.2 Å². The average Bonchev–Trinajstić information content (AvgIpc) is 2.62. The second-order valence-corrected chi connectivity index (χ2v) is 6.26. The van der Waals surface area contributed by atoms with E-state index in [1.807, 2.05) is 6.07 Å². The standard InChI is InChI=1S/C20H20N2O2/c21-13-16-6-7-18(20(23)24)19(12-16)17-8-10-22(11-9-17)14-15-4-2-1-3-5-15/h1-7,12,17H,8-11,14H2,(H,23,24). The summed E-state index contributed by atoms with van der Waals surface area (Å²) in [6.45, 7) is 2.81. The fourth-order valence-electron chi connectivity index (χ4n) is 3.41. The number of rotatable bonds is 4. The zero-order valence-corrected chi connectivity index (χ0v) is 13.5. The topological polar surface area (TPSA) is 64.3 Å². The van der Waals surface area contributed by atoms with E-state index in [1.54, 1.807) is 18.2 Å². The smallest absolute Gasteiger partial charge is 0.335 e. The van der Waals surface area contributed by atoms with Crippen LogP contribution in [0.3, 0.4) is 0 Å². The Bertz CT molecular complexity index is 757. The van der Waals surface area contributed by atoms with Crippen molar-refractivity contribution < 1.29 is 9.90 Å². The van der Waals surface area contributed by atoms with Crippen molar-refractivity contribution in [2.24, 2.45) is 0 Å². The maximum atomic E-state index is 11.5. The van der Waals surface area contributed by atoms with Gasteiger partial charge in [0.25, 0.3) is 0 Å². The number of carboxylic acids is 1. The lowest BCUT2D eigenvalue weighted by Gasteiger charge is -2.32. The molecule has 0 spiro atoms. The Kier molecular flexibility index (Phi) is 4.93. The molecule has 0 unspecified atom stereocenters. The summed E-state index contributed by atoms with van der Waals surface area (Å²) in [7, 11) is 0. The van der Waals surface area contributed by atoms with Gasteiger partial charge in [-0.1, -0.05) is 30.3 Å². The van der Waals surface area contributed by atoms with Crippen LogP contribution < -0.4 is 0 Å². The molecule has 0 amide bonds. The molecule has 2 aromatic rings. The van der Waals surface area contributed by atoms with Crippen molar-refractivity contribution in [3.63, 3.8) is 0 Å². The van der Waals surface area contributed by atoms with E-state index >= 15 is 0 Å². The van der Waals surface area contributed by atoms with Gasteiger partial charge in [0.1, 0.15) is 0 Å². The van der Waals surface area contributed by atoms with Gasteiger partial charge in [0, 0.05) is 6.54 Å². The van der Waals surface area contributed by atoms with Gasteiger partial charge < -0.3 is 5.11 Å². The molecule has 1 aliphatic heterocycles. The van der Waals surface area contributed by atoms with Gasteiger partial charge >= 0.3 is 5.97 Å². The summed E-state index contributed by atoms with van der Waals surface area (Å²) in [4.78, 5) is 13.9. The normalized spacial score (nSPS) is 15.8. The molecule has 1 saturated heterocycles. The lowest BCUT2D eigenvalue weighted by molar-refractivity contribution is 0.0694. The van der Waals surface area contributed by atoms with Crippen LogP contribution in [0, 0.1) is 11.3 Å². The molecule has 1 N–H and O–H groups in total. The summed E-state index contributed by atoms with van der Waals surface area (Å²) in [5.74, 6) is -0.711. The highest BCUT2D eigenvalue weighted by Crippen LogP contribution is 2.31. The molecule has 4 heteroatoms. The zero-order chi connectivity index (χ0) is 16.9. The SMILES string of the molecule is N#Cc1ccc(C(=O)O)c(C2CCN(Cc3ccccc3)CC2)c1. The highest BCUT2D eigenvalue weighted by molar-refractivity contribution is 5.89. The zero-order valence-electron chi connectivity index (χ0n) is 13.5. The quantitative estimate of drug-likeness (QED) is 0.934. The molecule has 0 radical (unpaired) electrons. The van der Waals surface area contributed by atoms with E-state index < -0.39 is 5.97 Å². The third-order valence-electron chi connectivity index (χ3n) is 4.69. The van der Waals surface area contributed by atoms with Crippen molar-refractivity contribution in [2.75, 3.05) is 13.1 Å². The Labute approximate surface area is 142 Å². The molecule has 2 aromatic carbocycles. The first-order valence-corrected chi connectivity index (χ1v) is 8.21. The Morgan fingerprint density at radius 3 is 2.50 bits per heavy atom. The summed E-state index contributed by atoms with van der Waals surface area (Å²) < 4.78 is 0. The van der Waals surface area contributed by atoms with Crippen molar-refractivity contribution in [1.29, 1.82) is 5.26 Å². The highest BCUT2D eigenvalue weighted by Gasteiger charge is 2.24. The second-order valence-electron chi connectivity index (χ2n) is 6.26. The summed E-state index contributed by atoms with van der Waals surface area (Å²) in [5, 5.41) is 18.5. The Balaban J connectivity index is 1.70. The van der Waals surface area contributed by atoms with Crippen LogP contribution >= 0.6 is 0 Å². The molecular formula is C20H20N2O2. The molecule has 0 bridgehead atoms. The Hall–Kier alpha value is -2.64. The van der Waals surface area contributed by atoms with E-state index in [9.17, 15) is 9.90 Å². The average molecular weight is 320 g/mol. The monoisotopic (exact) mass is 320 g/mol. The van der Waals surface area contributed by atoms with Crippen molar-refractivity contribution in [3.05, 3.63) is 70.8 Å². The predicted octanol–water partition coefficient (Wildman–Crippen LogP) is 3.64. The first-order chi connectivity index (χ1) is 11.7. The summed E-state index contributed by atoms with van der Waals surface area (Å²) in [6.07, 6.45) is 1.84. The molecular weight excluding hydrogens is 300 g/mol. The third-order valence-corrected chi connectivity index (χ3v) is 4.69. The lowest BCUT2D eigenvalue weighted by Crippen LogP contribution is -2.32. The van der Waals surface area contributed by atoms with Crippen LogP contribution in [-0.4, -0.2) is 29.1 Å². The molecule has 1 aliphatic rings. The minimum atomic E-state index is -0.916. The number of aromatic carboxylic acids is 1. The van der Waals surface area contributed by atoms with Gasteiger partial charge in [0.15, 0.2) is 0 Å². The maximum Gasteiger partial charge on any atom is 0.335 e. The lowest BCUT2D eigenvalue weighted by atomic mass is 9.85. The van der Waals surface area contributed by atoms with Crippen LogP contribution in [0.4, 0.5) is 0 Å². The maximum absolute atomic E-state index is 11.5. The first kappa shape index (κ1) is 16.2. The predicted molar refractivity (Wildman–Crippen MR) is 91.8 cm³/mol. The van der Waals surface area contributed by atoms with E-state index in [1.165, 1.54) is 5.56 Å². The van der Waals surface area contributed by atoms with E-state index in [0.717, 1.165) is 38.0 Å². The van der Waals surface area contributed by atoms with Crippen LogP contribution in [0.5, 0.6) is 0 Å². The highest BCUT2D eigenvalue weighted by atomic mass is 16.4. The molecule has 0 aliphatic carbocycles. The van der Waals surface area contributed by atoms with Crippen LogP contribution in [0.1, 0.15) is 45.8 Å². The van der Waals surface area contributed by atoms with E-state index in [4.69, 9.17) is 5.26 Å². The van der Waals surface area contributed by atoms with Crippen molar-refractivity contribution in [2.45, 2.75) is 25.3 Å². The molecule has 122 valence electrons. The molecule has 0 aromatic heterocycles. The van der Waals surface area contributed by atoms with E-state index in [-0.39, 0.29) is 5.92 Å². The summed E-state index contributed by atoms with van der Waals surface area (Å²) in [5.41, 5.74) is 2.96. The Morgan fingerprint density at radius 1 is 1.17 bits per heavy atom. The van der Waals surface area contributed by atoms with Crippen molar-refractivity contribution in [3.8, 4) is 6.07 Å². The van der Waals surface area contributed by atoms with E-state index in [0.29, 0.717) is 11.1 Å². The molecule has 4 nitrogen and oxygen atoms in total. The van der Waals surface area contributed by atoms with Gasteiger partial charge in [-0.3, -0.25) is 4.90 Å². The molecule has 24 heavy (non-hydrogen) atoms. The number of nitrogens with zero attached hydrogens (tertiary/aromatic N) is 2. The number of hydrogen-bond donors (Lipinski definition) is 1. The minimum Gasteiger partial charge on any atom is -0.478 e. The molecule has 3 rings (SSSR count). The van der Waals surface area contributed by atoms with Crippen molar-refractivity contribution >= 4 is 5.97 Å². The molecule has 0 saturated carbocycles. The second kappa shape index (κ2) is 7.29. The third kappa shape index (κ3) is 3.64. The largest absolute Gasteiger partial charge is 0.478 e. The number of nitriles is 1. The van der Waals surface area contributed by atoms with Crippen molar-refractivity contribution in [1.82, 2.24) is 4.90 Å². The first-order valence-electron chi connectivity index (χ1n) is 8.21. The minimum absolute atomic E-state index is 0.205. The van der Waals surface area contributed by atoms with Crippen LogP contribution in [-0.2, 0) is 6.54 Å². The van der Waals surface area contributed by atoms with Gasteiger partial charge in [0.2, 0.25) is 0 Å². The number of carbonyl (C=O) groups is 1. The molecule has 1 heterocycles. The van der Waals surface area contributed by atoms with Crippen LogP contribution in [0.15, 0.2) is 48.5 Å². The van der Waals surface area contributed by atoms with Gasteiger partial charge in [-0.25, -0.2) is 4.79 Å². The van der Waals surface area contributed by atoms with Gasteiger partial charge in [0.05, 0.1) is 17.2 Å². The molecule has 0 atom stereocenters. The van der Waals surface area contributed by atoms with Crippen LogP contribution in [0.25, 0.3) is 0 Å². The number of benzene rings is 2. The number of carboxylic acid groups (broad SMARTS) is 1. The van der Waals surface area contributed by atoms with Crippen LogP contribution in [0.2, 0.25) is 0 Å². The van der Waals surface area contributed by atoms with Gasteiger partial charge in [-0.2, -0.15) is 5.26 Å². The fourth-order valence-corrected chi connectivity index (χ4v) is 3.41. The summed E-state index contributed by atoms with van der Waals surface area (Å²) in [6, 6.07) is 17.4.